The van der Waals surface area contributed by atoms with E-state index >= 15 is 0 Å². The molecule has 2 heterocycles. The van der Waals surface area contributed by atoms with E-state index in [-0.39, 0.29) is 18.3 Å². The Hall–Kier alpha value is -3.09. The SMILES string of the molecule is C=CCn1c(COc2ccccc2)nnc1SCC(=O)Nc1sccc1C#N. The molecule has 1 aromatic carbocycles. The first-order valence-electron chi connectivity index (χ1n) is 8.32. The van der Waals surface area contributed by atoms with Gasteiger partial charge in [0.1, 0.15) is 23.4 Å². The second kappa shape index (κ2) is 9.73. The highest BCUT2D eigenvalue weighted by molar-refractivity contribution is 7.99. The van der Waals surface area contributed by atoms with E-state index in [1.54, 1.807) is 17.5 Å². The van der Waals surface area contributed by atoms with Crippen molar-refractivity contribution in [3.63, 3.8) is 0 Å². The lowest BCUT2D eigenvalue weighted by Crippen LogP contribution is -2.14. The van der Waals surface area contributed by atoms with Crippen LogP contribution in [0.5, 0.6) is 5.75 Å². The van der Waals surface area contributed by atoms with E-state index in [0.717, 1.165) is 5.75 Å². The molecule has 2 aromatic heterocycles. The van der Waals surface area contributed by atoms with Crippen LogP contribution >= 0.6 is 23.1 Å². The molecule has 0 aliphatic carbocycles. The van der Waals surface area contributed by atoms with E-state index in [9.17, 15) is 4.79 Å². The maximum absolute atomic E-state index is 12.2. The second-order valence-electron chi connectivity index (χ2n) is 5.51. The number of benzene rings is 1. The van der Waals surface area contributed by atoms with Gasteiger partial charge in [0.15, 0.2) is 11.0 Å². The van der Waals surface area contributed by atoms with Gasteiger partial charge in [-0.2, -0.15) is 5.26 Å². The molecule has 3 aromatic rings. The number of aromatic nitrogens is 3. The molecular weight excluding hydrogens is 394 g/mol. The molecule has 0 bridgehead atoms. The summed E-state index contributed by atoms with van der Waals surface area (Å²) in [4.78, 5) is 12.2. The van der Waals surface area contributed by atoms with Crippen LogP contribution in [0, 0.1) is 11.3 Å². The van der Waals surface area contributed by atoms with E-state index in [2.05, 4.69) is 22.1 Å². The molecule has 7 nitrogen and oxygen atoms in total. The third-order valence-electron chi connectivity index (χ3n) is 3.59. The predicted molar refractivity (Wildman–Crippen MR) is 109 cm³/mol. The van der Waals surface area contributed by atoms with Crippen molar-refractivity contribution in [3.8, 4) is 11.8 Å². The van der Waals surface area contributed by atoms with Crippen molar-refractivity contribution < 1.29 is 9.53 Å². The molecule has 28 heavy (non-hydrogen) atoms. The fourth-order valence-electron chi connectivity index (χ4n) is 2.30. The Morgan fingerprint density at radius 2 is 2.18 bits per heavy atom. The van der Waals surface area contributed by atoms with Crippen LogP contribution in [0.4, 0.5) is 5.00 Å². The number of allylic oxidation sites excluding steroid dienone is 1. The molecule has 0 saturated heterocycles. The van der Waals surface area contributed by atoms with Crippen molar-refractivity contribution in [2.45, 2.75) is 18.3 Å². The van der Waals surface area contributed by atoms with Crippen LogP contribution in [-0.2, 0) is 17.9 Å². The van der Waals surface area contributed by atoms with Gasteiger partial charge in [-0.1, -0.05) is 36.0 Å². The second-order valence-corrected chi connectivity index (χ2v) is 7.37. The van der Waals surface area contributed by atoms with E-state index in [1.807, 2.05) is 41.0 Å². The Labute approximate surface area is 170 Å². The zero-order valence-corrected chi connectivity index (χ0v) is 16.5. The topological polar surface area (TPSA) is 92.8 Å². The molecule has 9 heteroatoms. The van der Waals surface area contributed by atoms with Gasteiger partial charge in [0.2, 0.25) is 5.91 Å². The van der Waals surface area contributed by atoms with Gasteiger partial charge < -0.3 is 10.1 Å². The maximum Gasteiger partial charge on any atom is 0.235 e. The fourth-order valence-corrected chi connectivity index (χ4v) is 3.82. The van der Waals surface area contributed by atoms with E-state index < -0.39 is 0 Å². The van der Waals surface area contributed by atoms with Gasteiger partial charge >= 0.3 is 0 Å². The van der Waals surface area contributed by atoms with Crippen LogP contribution < -0.4 is 10.1 Å². The first-order valence-corrected chi connectivity index (χ1v) is 10.2. The maximum atomic E-state index is 12.2. The summed E-state index contributed by atoms with van der Waals surface area (Å²) in [5.74, 6) is 1.33. The summed E-state index contributed by atoms with van der Waals surface area (Å²) in [6, 6.07) is 13.2. The molecule has 0 radical (unpaired) electrons. The minimum atomic E-state index is -0.209. The first-order chi connectivity index (χ1) is 13.7. The van der Waals surface area contributed by atoms with Crippen LogP contribution in [0.2, 0.25) is 0 Å². The standard InChI is InChI=1S/C19H17N5O2S2/c1-2-9-24-16(12-26-15-6-4-3-5-7-15)22-23-19(24)28-13-17(25)21-18-14(11-20)8-10-27-18/h2-8,10H,1,9,12-13H2,(H,21,25). The Morgan fingerprint density at radius 1 is 1.36 bits per heavy atom. The Bertz CT molecular complexity index is 991. The summed E-state index contributed by atoms with van der Waals surface area (Å²) >= 11 is 2.59. The molecule has 0 saturated carbocycles. The van der Waals surface area contributed by atoms with Gasteiger partial charge in [0.25, 0.3) is 0 Å². The third kappa shape index (κ3) is 5.00. The number of nitrogens with one attached hydrogen (secondary N) is 1. The van der Waals surface area contributed by atoms with Crippen molar-refractivity contribution in [1.29, 1.82) is 5.26 Å². The van der Waals surface area contributed by atoms with Crippen molar-refractivity contribution in [1.82, 2.24) is 14.8 Å². The molecule has 0 aliphatic rings. The zero-order valence-electron chi connectivity index (χ0n) is 14.9. The average molecular weight is 412 g/mol. The van der Waals surface area contributed by atoms with Gasteiger partial charge in [-0.3, -0.25) is 9.36 Å². The molecular formula is C19H17N5O2S2. The number of anilines is 1. The number of thiophene rings is 1. The molecule has 0 atom stereocenters. The smallest absolute Gasteiger partial charge is 0.235 e. The number of thioether (sulfide) groups is 1. The Kier molecular flexibility index (Phi) is 6.84. The number of nitrogens with zero attached hydrogens (tertiary/aromatic N) is 4. The number of carbonyl (C=O) groups excluding carboxylic acids is 1. The molecule has 0 aliphatic heterocycles. The lowest BCUT2D eigenvalue weighted by molar-refractivity contribution is -0.113. The fraction of sp³-hybridized carbons (Fsp3) is 0.158. The third-order valence-corrected chi connectivity index (χ3v) is 5.38. The highest BCUT2D eigenvalue weighted by atomic mass is 32.2. The summed E-state index contributed by atoms with van der Waals surface area (Å²) in [5, 5.41) is 23.0. The number of rotatable bonds is 9. The van der Waals surface area contributed by atoms with Crippen molar-refractivity contribution in [2.24, 2.45) is 0 Å². The number of ether oxygens (including phenoxy) is 1. The largest absolute Gasteiger partial charge is 0.486 e. The average Bonchev–Trinajstić information content (AvgIpc) is 3.32. The van der Waals surface area contributed by atoms with Crippen LogP contribution in [0.15, 0.2) is 59.6 Å². The minimum absolute atomic E-state index is 0.150. The number of hydrogen-bond acceptors (Lipinski definition) is 7. The zero-order chi connectivity index (χ0) is 19.8. The Morgan fingerprint density at radius 3 is 2.93 bits per heavy atom. The van der Waals surface area contributed by atoms with E-state index in [1.165, 1.54) is 23.1 Å². The first kappa shape index (κ1) is 19.7. The number of para-hydroxylation sites is 1. The summed E-state index contributed by atoms with van der Waals surface area (Å²) in [6.45, 7) is 4.54. The summed E-state index contributed by atoms with van der Waals surface area (Å²) < 4.78 is 7.60. The molecule has 0 fully saturated rings. The molecule has 142 valence electrons. The number of nitriles is 1. The molecule has 1 N–H and O–H groups in total. The highest BCUT2D eigenvalue weighted by Crippen LogP contribution is 2.23. The summed E-state index contributed by atoms with van der Waals surface area (Å²) in [6.07, 6.45) is 1.74. The quantitative estimate of drug-likeness (QED) is 0.426. The van der Waals surface area contributed by atoms with Crippen LogP contribution in [0.1, 0.15) is 11.4 Å². The lowest BCUT2D eigenvalue weighted by Gasteiger charge is -2.09. The van der Waals surface area contributed by atoms with Gasteiger partial charge in [-0.15, -0.1) is 28.1 Å². The van der Waals surface area contributed by atoms with Crippen molar-refractivity contribution >= 4 is 34.0 Å². The van der Waals surface area contributed by atoms with Crippen LogP contribution in [-0.4, -0.2) is 26.4 Å². The summed E-state index contributed by atoms with van der Waals surface area (Å²) in [7, 11) is 0. The predicted octanol–water partition coefficient (Wildman–Crippen LogP) is 3.71. The monoisotopic (exact) mass is 411 g/mol. The van der Waals surface area contributed by atoms with E-state index in [0.29, 0.717) is 28.1 Å². The van der Waals surface area contributed by atoms with Crippen LogP contribution in [0.3, 0.4) is 0 Å². The number of amides is 1. The van der Waals surface area contributed by atoms with Gasteiger partial charge in [0, 0.05) is 6.54 Å². The number of hydrogen-bond donors (Lipinski definition) is 1. The van der Waals surface area contributed by atoms with E-state index in [4.69, 9.17) is 10.00 Å². The van der Waals surface area contributed by atoms with Crippen LogP contribution in [0.25, 0.3) is 0 Å². The minimum Gasteiger partial charge on any atom is -0.486 e. The normalized spacial score (nSPS) is 10.2. The molecule has 0 unspecified atom stereocenters. The molecule has 3 rings (SSSR count). The molecule has 1 amide bonds. The Balaban J connectivity index is 1.61. The van der Waals surface area contributed by atoms with Gasteiger partial charge in [-0.25, -0.2) is 0 Å². The lowest BCUT2D eigenvalue weighted by atomic mass is 10.3. The summed E-state index contributed by atoms with van der Waals surface area (Å²) in [5.41, 5.74) is 0.457. The highest BCUT2D eigenvalue weighted by Gasteiger charge is 2.15. The van der Waals surface area contributed by atoms with Gasteiger partial charge in [0.05, 0.1) is 11.3 Å². The number of carbonyl (C=O) groups is 1. The van der Waals surface area contributed by atoms with Crippen molar-refractivity contribution in [3.05, 3.63) is 65.8 Å². The van der Waals surface area contributed by atoms with Crippen molar-refractivity contribution in [2.75, 3.05) is 11.1 Å². The van der Waals surface area contributed by atoms with Gasteiger partial charge in [-0.05, 0) is 23.6 Å². The molecule has 0 spiro atoms.